The molecule has 1 aromatic heterocycles. The highest BCUT2D eigenvalue weighted by Gasteiger charge is 2.11. The molecule has 3 rings (SSSR count). The SMILES string of the molecule is CCC(=O)O.CCC(=O)O.NC(=O)CCC(=O)CNC(=O)CCc1cc(-c2ccc(-c3cccc(Cl)c3)cc2)no1. The maximum absolute atomic E-state index is 11.9. The lowest BCUT2D eigenvalue weighted by atomic mass is 10.0. The number of nitrogens with one attached hydrogen (secondary N) is 1. The van der Waals surface area contributed by atoms with E-state index in [0.717, 1.165) is 16.7 Å². The first-order valence-corrected chi connectivity index (χ1v) is 13.1. The Morgan fingerprint density at radius 3 is 1.98 bits per heavy atom. The minimum absolute atomic E-state index is 0.0182. The number of primary amides is 1. The molecule has 0 spiro atoms. The third kappa shape index (κ3) is 15.0. The summed E-state index contributed by atoms with van der Waals surface area (Å²) in [5.74, 6) is -1.98. The Labute approximate surface area is 242 Å². The molecule has 2 aromatic carbocycles. The summed E-state index contributed by atoms with van der Waals surface area (Å²) in [7, 11) is 0. The second-order valence-corrected chi connectivity index (χ2v) is 8.98. The van der Waals surface area contributed by atoms with Gasteiger partial charge in [-0.2, -0.15) is 0 Å². The summed E-state index contributed by atoms with van der Waals surface area (Å²) in [5, 5.41) is 22.7. The molecule has 0 aliphatic rings. The quantitative estimate of drug-likeness (QED) is 0.236. The first kappa shape index (κ1) is 34.5. The van der Waals surface area contributed by atoms with Crippen LogP contribution in [0, 0.1) is 0 Å². The number of carbonyl (C=O) groups excluding carboxylic acids is 3. The van der Waals surface area contributed by atoms with Crippen molar-refractivity contribution in [3.05, 3.63) is 65.4 Å². The maximum Gasteiger partial charge on any atom is 0.303 e. The molecular formula is C29H34ClN3O8. The lowest BCUT2D eigenvalue weighted by Gasteiger charge is -2.03. The number of carboxylic acids is 2. The van der Waals surface area contributed by atoms with Crippen molar-refractivity contribution >= 4 is 41.1 Å². The molecule has 5 N–H and O–H groups in total. The van der Waals surface area contributed by atoms with E-state index in [2.05, 4.69) is 10.5 Å². The van der Waals surface area contributed by atoms with Crippen LogP contribution in [0.3, 0.4) is 0 Å². The van der Waals surface area contributed by atoms with Crippen LogP contribution in [0.5, 0.6) is 0 Å². The molecule has 0 fully saturated rings. The molecule has 0 aliphatic heterocycles. The van der Waals surface area contributed by atoms with Gasteiger partial charge in [-0.05, 0) is 23.3 Å². The first-order valence-electron chi connectivity index (χ1n) is 12.8. The number of halogens is 1. The largest absolute Gasteiger partial charge is 0.481 e. The van der Waals surface area contributed by atoms with Gasteiger partial charge in [0.1, 0.15) is 11.5 Å². The fraction of sp³-hybridized carbons (Fsp3) is 0.310. The van der Waals surface area contributed by atoms with Crippen LogP contribution in [-0.2, 0) is 30.4 Å². The number of hydrogen-bond donors (Lipinski definition) is 4. The van der Waals surface area contributed by atoms with Crippen LogP contribution in [0.2, 0.25) is 5.02 Å². The molecule has 0 unspecified atom stereocenters. The molecule has 1 heterocycles. The number of rotatable bonds is 12. The van der Waals surface area contributed by atoms with Crippen LogP contribution >= 0.6 is 11.6 Å². The van der Waals surface area contributed by atoms with Gasteiger partial charge in [0.25, 0.3) is 0 Å². The van der Waals surface area contributed by atoms with Gasteiger partial charge >= 0.3 is 11.9 Å². The molecule has 0 bridgehead atoms. The molecule has 0 radical (unpaired) electrons. The van der Waals surface area contributed by atoms with Crippen molar-refractivity contribution in [1.29, 1.82) is 0 Å². The maximum atomic E-state index is 11.9. The number of carbonyl (C=O) groups is 5. The molecule has 0 atom stereocenters. The topological polar surface area (TPSA) is 190 Å². The zero-order valence-corrected chi connectivity index (χ0v) is 23.6. The highest BCUT2D eigenvalue weighted by molar-refractivity contribution is 6.30. The lowest BCUT2D eigenvalue weighted by molar-refractivity contribution is -0.137. The number of ketones is 1. The smallest absolute Gasteiger partial charge is 0.303 e. The third-order valence-corrected chi connectivity index (χ3v) is 5.47. The van der Waals surface area contributed by atoms with Crippen molar-refractivity contribution < 1.29 is 38.7 Å². The van der Waals surface area contributed by atoms with Crippen LogP contribution in [-0.4, -0.2) is 51.5 Å². The molecule has 11 nitrogen and oxygen atoms in total. The van der Waals surface area contributed by atoms with E-state index >= 15 is 0 Å². The number of nitrogens with two attached hydrogens (primary N) is 1. The summed E-state index contributed by atoms with van der Waals surface area (Å²) in [6, 6.07) is 17.3. The van der Waals surface area contributed by atoms with Crippen LogP contribution < -0.4 is 11.1 Å². The number of amides is 2. The predicted molar refractivity (Wildman–Crippen MR) is 153 cm³/mol. The second-order valence-electron chi connectivity index (χ2n) is 8.54. The Kier molecular flexibility index (Phi) is 15.8. The number of Topliss-reactive ketones (excluding diaryl/α,β-unsaturated/α-hetero) is 1. The molecule has 220 valence electrons. The van der Waals surface area contributed by atoms with Crippen molar-refractivity contribution in [2.45, 2.75) is 52.4 Å². The minimum atomic E-state index is -0.745. The Hall–Kier alpha value is -4.51. The molecule has 12 heteroatoms. The van der Waals surface area contributed by atoms with E-state index in [0.29, 0.717) is 22.9 Å². The summed E-state index contributed by atoms with van der Waals surface area (Å²) in [6.45, 7) is 3.08. The Morgan fingerprint density at radius 2 is 1.44 bits per heavy atom. The number of carboxylic acid groups (broad SMARTS) is 2. The molecular weight excluding hydrogens is 554 g/mol. The normalized spacial score (nSPS) is 9.83. The number of aliphatic carboxylic acids is 2. The Morgan fingerprint density at radius 1 is 0.854 bits per heavy atom. The van der Waals surface area contributed by atoms with Gasteiger partial charge in [0.2, 0.25) is 11.8 Å². The van der Waals surface area contributed by atoms with Crippen molar-refractivity contribution in [3.8, 4) is 22.4 Å². The molecule has 0 saturated carbocycles. The van der Waals surface area contributed by atoms with Crippen LogP contribution in [0.4, 0.5) is 0 Å². The zero-order chi connectivity index (χ0) is 30.8. The van der Waals surface area contributed by atoms with Gasteiger partial charge in [0.05, 0.1) is 6.54 Å². The van der Waals surface area contributed by atoms with Crippen molar-refractivity contribution in [2.24, 2.45) is 5.73 Å². The zero-order valence-electron chi connectivity index (χ0n) is 22.9. The van der Waals surface area contributed by atoms with E-state index in [1.165, 1.54) is 0 Å². The average Bonchev–Trinajstić information content (AvgIpc) is 3.43. The average molecular weight is 588 g/mol. The Balaban J connectivity index is 0.000000722. The van der Waals surface area contributed by atoms with Gasteiger partial charge in [-0.15, -0.1) is 0 Å². The van der Waals surface area contributed by atoms with Crippen molar-refractivity contribution in [2.75, 3.05) is 6.54 Å². The van der Waals surface area contributed by atoms with E-state index in [1.54, 1.807) is 19.9 Å². The number of nitrogens with zero attached hydrogens (tertiary/aromatic N) is 1. The standard InChI is InChI=1S/C23H22ClN3O4.2C3H6O2/c24-18-3-1-2-17(12-18)15-4-6-16(7-5-15)21-13-20(31-27-21)9-11-23(30)26-14-19(28)8-10-22(25)29;2*1-2-3(4)5/h1-7,12-13H,8-11,14H2,(H2,25,29)(H,26,30);2*2H2,1H3,(H,4,5). The van der Waals surface area contributed by atoms with E-state index in [1.807, 2.05) is 48.5 Å². The number of hydrogen-bond acceptors (Lipinski definition) is 7. The summed E-state index contributed by atoms with van der Waals surface area (Å²) in [5.41, 5.74) is 8.63. The van der Waals surface area contributed by atoms with Gasteiger partial charge in [-0.1, -0.05) is 67.0 Å². The molecule has 3 aromatic rings. The van der Waals surface area contributed by atoms with Crippen LogP contribution in [0.25, 0.3) is 22.4 Å². The van der Waals surface area contributed by atoms with Crippen molar-refractivity contribution in [3.63, 3.8) is 0 Å². The molecule has 41 heavy (non-hydrogen) atoms. The van der Waals surface area contributed by atoms with Crippen LogP contribution in [0.1, 0.15) is 51.7 Å². The van der Waals surface area contributed by atoms with Gasteiger partial charge in [-0.3, -0.25) is 24.0 Å². The molecule has 2 amide bonds. The van der Waals surface area contributed by atoms with E-state index in [4.69, 9.17) is 32.1 Å². The highest BCUT2D eigenvalue weighted by atomic mass is 35.5. The Bertz CT molecular complexity index is 1290. The van der Waals surface area contributed by atoms with Gasteiger partial charge in [0.15, 0.2) is 5.78 Å². The monoisotopic (exact) mass is 587 g/mol. The molecule has 0 saturated heterocycles. The fourth-order valence-corrected chi connectivity index (χ4v) is 3.13. The summed E-state index contributed by atoms with van der Waals surface area (Å²) < 4.78 is 5.32. The minimum Gasteiger partial charge on any atom is -0.481 e. The van der Waals surface area contributed by atoms with E-state index in [-0.39, 0.29) is 50.3 Å². The lowest BCUT2D eigenvalue weighted by Crippen LogP contribution is -2.30. The molecule has 0 aliphatic carbocycles. The fourth-order valence-electron chi connectivity index (χ4n) is 2.94. The van der Waals surface area contributed by atoms with E-state index < -0.39 is 17.8 Å². The summed E-state index contributed by atoms with van der Waals surface area (Å²) >= 11 is 6.05. The summed E-state index contributed by atoms with van der Waals surface area (Å²) in [4.78, 5) is 52.9. The first-order chi connectivity index (χ1) is 19.4. The summed E-state index contributed by atoms with van der Waals surface area (Å²) in [6.07, 6.45) is 0.965. The van der Waals surface area contributed by atoms with Crippen LogP contribution in [0.15, 0.2) is 59.1 Å². The number of aromatic nitrogens is 1. The van der Waals surface area contributed by atoms with Crippen molar-refractivity contribution in [1.82, 2.24) is 10.5 Å². The second kappa shape index (κ2) is 18.7. The predicted octanol–water partition coefficient (Wildman–Crippen LogP) is 4.51. The third-order valence-electron chi connectivity index (χ3n) is 5.23. The van der Waals surface area contributed by atoms with Gasteiger partial charge in [-0.25, -0.2) is 0 Å². The van der Waals surface area contributed by atoms with Gasteiger partial charge in [0, 0.05) is 55.2 Å². The number of aryl methyl sites for hydroxylation is 1. The highest BCUT2D eigenvalue weighted by Crippen LogP contribution is 2.26. The van der Waals surface area contributed by atoms with E-state index in [9.17, 15) is 24.0 Å². The van der Waals surface area contributed by atoms with Gasteiger partial charge < -0.3 is 25.8 Å². The number of benzene rings is 2.